The molecule has 0 aromatic carbocycles. The van der Waals surface area contributed by atoms with Gasteiger partial charge in [0.05, 0.1) is 0 Å². The van der Waals surface area contributed by atoms with E-state index in [4.69, 9.17) is 0 Å². The summed E-state index contributed by atoms with van der Waals surface area (Å²) >= 11 is 0. The van der Waals surface area contributed by atoms with Gasteiger partial charge in [-0.1, -0.05) is 12.2 Å². The second-order valence-electron chi connectivity index (χ2n) is 2.22. The van der Waals surface area contributed by atoms with Gasteiger partial charge >= 0.3 is 12.1 Å². The fourth-order valence-corrected chi connectivity index (χ4v) is 0.781. The van der Waals surface area contributed by atoms with Gasteiger partial charge in [0.15, 0.2) is 0 Å². The van der Waals surface area contributed by atoms with Gasteiger partial charge in [0.25, 0.3) is 0 Å². The van der Waals surface area contributed by atoms with Crippen molar-refractivity contribution >= 4 is 5.91 Å². The van der Waals surface area contributed by atoms with E-state index in [1.165, 1.54) is 12.2 Å². The molecule has 12 heavy (non-hydrogen) atoms. The number of carbonyl (C=O) groups excluding carboxylic acids is 1. The number of alkyl halides is 3. The SMILES string of the molecule is O=C(N1C=CC=CC1)C(F)(F)F. The van der Waals surface area contributed by atoms with Gasteiger partial charge < -0.3 is 4.90 Å². The second kappa shape index (κ2) is 3.00. The lowest BCUT2D eigenvalue weighted by Gasteiger charge is -2.19. The highest BCUT2D eigenvalue weighted by Crippen LogP contribution is 2.19. The standard InChI is InChI=1S/C7H6F3NO/c8-7(9,10)6(12)11-4-2-1-3-5-11/h1-4H,5H2. The molecule has 0 radical (unpaired) electrons. The van der Waals surface area contributed by atoms with Crippen molar-refractivity contribution in [3.63, 3.8) is 0 Å². The summed E-state index contributed by atoms with van der Waals surface area (Å²) in [4.78, 5) is 11.1. The number of hydrogen-bond donors (Lipinski definition) is 0. The van der Waals surface area contributed by atoms with Crippen LogP contribution in [0.15, 0.2) is 24.4 Å². The Morgan fingerprint density at radius 2 is 2.00 bits per heavy atom. The van der Waals surface area contributed by atoms with Crippen LogP contribution in [0.1, 0.15) is 0 Å². The van der Waals surface area contributed by atoms with Crippen LogP contribution in [0.3, 0.4) is 0 Å². The van der Waals surface area contributed by atoms with Gasteiger partial charge in [-0.3, -0.25) is 4.79 Å². The summed E-state index contributed by atoms with van der Waals surface area (Å²) < 4.78 is 35.4. The Labute approximate surface area is 67.0 Å². The molecule has 1 rings (SSSR count). The molecule has 0 spiro atoms. The molecule has 0 aliphatic carbocycles. The molecule has 5 heteroatoms. The van der Waals surface area contributed by atoms with Crippen LogP contribution >= 0.6 is 0 Å². The maximum Gasteiger partial charge on any atom is 0.471 e. The monoisotopic (exact) mass is 177 g/mol. The van der Waals surface area contributed by atoms with Crippen molar-refractivity contribution in [3.05, 3.63) is 24.4 Å². The minimum atomic E-state index is -4.78. The first-order chi connectivity index (χ1) is 5.52. The molecule has 0 saturated heterocycles. The zero-order chi connectivity index (χ0) is 9.19. The minimum absolute atomic E-state index is 0.0190. The van der Waals surface area contributed by atoms with Crippen molar-refractivity contribution in [1.29, 1.82) is 0 Å². The van der Waals surface area contributed by atoms with Gasteiger partial charge in [-0.15, -0.1) is 0 Å². The fourth-order valence-electron chi connectivity index (χ4n) is 0.781. The third-order valence-corrected chi connectivity index (χ3v) is 1.32. The van der Waals surface area contributed by atoms with Crippen molar-refractivity contribution in [2.24, 2.45) is 0 Å². The number of carbonyl (C=O) groups is 1. The van der Waals surface area contributed by atoms with Gasteiger partial charge in [0, 0.05) is 12.7 Å². The Morgan fingerprint density at radius 1 is 1.33 bits per heavy atom. The van der Waals surface area contributed by atoms with E-state index in [2.05, 4.69) is 0 Å². The topological polar surface area (TPSA) is 20.3 Å². The molecule has 0 unspecified atom stereocenters. The third kappa shape index (κ3) is 1.87. The van der Waals surface area contributed by atoms with Gasteiger partial charge in [-0.05, 0) is 6.08 Å². The Hall–Kier alpha value is -1.26. The maximum atomic E-state index is 11.8. The Kier molecular flexibility index (Phi) is 2.21. The molecule has 0 aromatic rings. The molecule has 0 aromatic heterocycles. The number of hydrogen-bond acceptors (Lipinski definition) is 1. The predicted octanol–water partition coefficient (Wildman–Crippen LogP) is 1.46. The smallest absolute Gasteiger partial charge is 0.307 e. The van der Waals surface area contributed by atoms with Crippen molar-refractivity contribution in [1.82, 2.24) is 4.90 Å². The first kappa shape index (κ1) is 8.83. The van der Waals surface area contributed by atoms with E-state index in [0.29, 0.717) is 4.90 Å². The molecule has 1 aliphatic heterocycles. The van der Waals surface area contributed by atoms with Crippen LogP contribution in [0.25, 0.3) is 0 Å². The Morgan fingerprint density at radius 3 is 2.42 bits per heavy atom. The summed E-state index contributed by atoms with van der Waals surface area (Å²) in [6, 6.07) is 0. The van der Waals surface area contributed by atoms with Crippen molar-refractivity contribution in [2.45, 2.75) is 6.18 Å². The summed E-state index contributed by atoms with van der Waals surface area (Å²) in [5.74, 6) is -1.83. The predicted molar refractivity (Wildman–Crippen MR) is 36.0 cm³/mol. The van der Waals surface area contributed by atoms with Crippen LogP contribution in [0.4, 0.5) is 13.2 Å². The zero-order valence-corrected chi connectivity index (χ0v) is 6.01. The van der Waals surface area contributed by atoms with E-state index in [-0.39, 0.29) is 6.54 Å². The third-order valence-electron chi connectivity index (χ3n) is 1.32. The molecule has 0 saturated carbocycles. The number of allylic oxidation sites excluding steroid dienone is 2. The molecule has 0 N–H and O–H groups in total. The lowest BCUT2D eigenvalue weighted by molar-refractivity contribution is -0.182. The highest BCUT2D eigenvalue weighted by Gasteiger charge is 2.41. The molecular weight excluding hydrogens is 171 g/mol. The average Bonchev–Trinajstić information content (AvgIpc) is 2.03. The summed E-state index contributed by atoms with van der Waals surface area (Å²) in [6.07, 6.45) is 0.766. The molecule has 66 valence electrons. The van der Waals surface area contributed by atoms with Crippen molar-refractivity contribution in [3.8, 4) is 0 Å². The first-order valence-corrected chi connectivity index (χ1v) is 3.23. The van der Waals surface area contributed by atoms with E-state index < -0.39 is 12.1 Å². The number of rotatable bonds is 0. The number of halogens is 3. The minimum Gasteiger partial charge on any atom is -0.307 e. The van der Waals surface area contributed by atoms with E-state index >= 15 is 0 Å². The first-order valence-electron chi connectivity index (χ1n) is 3.23. The lowest BCUT2D eigenvalue weighted by atomic mass is 10.3. The zero-order valence-electron chi connectivity index (χ0n) is 6.01. The quantitative estimate of drug-likeness (QED) is 0.548. The molecule has 1 heterocycles. The van der Waals surface area contributed by atoms with Crippen LogP contribution < -0.4 is 0 Å². The van der Waals surface area contributed by atoms with E-state index in [0.717, 1.165) is 6.20 Å². The molecule has 1 aliphatic rings. The fraction of sp³-hybridized carbons (Fsp3) is 0.286. The van der Waals surface area contributed by atoms with Crippen molar-refractivity contribution < 1.29 is 18.0 Å². The van der Waals surface area contributed by atoms with E-state index in [1.54, 1.807) is 6.08 Å². The Bertz CT molecular complexity index is 242. The van der Waals surface area contributed by atoms with Crippen LogP contribution in [-0.4, -0.2) is 23.5 Å². The second-order valence-corrected chi connectivity index (χ2v) is 2.22. The van der Waals surface area contributed by atoms with Gasteiger partial charge in [-0.2, -0.15) is 13.2 Å². The highest BCUT2D eigenvalue weighted by atomic mass is 19.4. The lowest BCUT2D eigenvalue weighted by Crippen LogP contribution is -2.38. The average molecular weight is 177 g/mol. The summed E-state index contributed by atoms with van der Waals surface area (Å²) in [7, 11) is 0. The van der Waals surface area contributed by atoms with E-state index in [9.17, 15) is 18.0 Å². The normalized spacial score (nSPS) is 16.8. The van der Waals surface area contributed by atoms with Crippen LogP contribution in [-0.2, 0) is 4.79 Å². The highest BCUT2D eigenvalue weighted by molar-refractivity contribution is 5.83. The molecular formula is C7H6F3NO. The molecule has 0 fully saturated rings. The molecule has 0 atom stereocenters. The van der Waals surface area contributed by atoms with Gasteiger partial charge in [0.1, 0.15) is 0 Å². The van der Waals surface area contributed by atoms with Crippen LogP contribution in [0.5, 0.6) is 0 Å². The summed E-state index contributed by atoms with van der Waals surface area (Å²) in [5, 5.41) is 0. The Balaban J connectivity index is 2.66. The largest absolute Gasteiger partial charge is 0.471 e. The van der Waals surface area contributed by atoms with E-state index in [1.807, 2.05) is 0 Å². The molecule has 2 nitrogen and oxygen atoms in total. The summed E-state index contributed by atoms with van der Waals surface area (Å²) in [5.41, 5.74) is 0. The van der Waals surface area contributed by atoms with Gasteiger partial charge in [0.2, 0.25) is 0 Å². The van der Waals surface area contributed by atoms with Crippen LogP contribution in [0, 0.1) is 0 Å². The molecule has 0 bridgehead atoms. The van der Waals surface area contributed by atoms with Gasteiger partial charge in [-0.25, -0.2) is 0 Å². The maximum absolute atomic E-state index is 11.8. The number of nitrogens with zero attached hydrogens (tertiary/aromatic N) is 1. The van der Waals surface area contributed by atoms with Crippen molar-refractivity contribution in [2.75, 3.05) is 6.54 Å². The summed E-state index contributed by atoms with van der Waals surface area (Å²) in [6.45, 7) is -0.0190. The number of amides is 1. The molecule has 1 amide bonds. The van der Waals surface area contributed by atoms with Crippen LogP contribution in [0.2, 0.25) is 0 Å².